The number of rotatable bonds is 3. The lowest BCUT2D eigenvalue weighted by Gasteiger charge is -2.09. The van der Waals surface area contributed by atoms with E-state index in [4.69, 9.17) is 0 Å². The molecule has 0 aliphatic carbocycles. The normalized spacial score (nSPS) is 11.0. The van der Waals surface area contributed by atoms with Crippen molar-refractivity contribution in [2.75, 3.05) is 5.32 Å². The first-order chi connectivity index (χ1) is 12.1. The fourth-order valence-corrected chi connectivity index (χ4v) is 3.06. The Balaban J connectivity index is 1.66. The minimum atomic E-state index is -0.192. The number of aromatic nitrogens is 4. The Labute approximate surface area is 144 Å². The zero-order chi connectivity index (χ0) is 17.4. The molecule has 25 heavy (non-hydrogen) atoms. The van der Waals surface area contributed by atoms with Crippen LogP contribution in [0.5, 0.6) is 0 Å². The molecule has 124 valence electrons. The number of carbonyl (C=O) groups excluding carboxylic acids is 1. The summed E-state index contributed by atoms with van der Waals surface area (Å²) in [7, 11) is 0. The van der Waals surface area contributed by atoms with E-state index in [0.717, 1.165) is 28.1 Å². The highest BCUT2D eigenvalue weighted by Crippen LogP contribution is 2.21. The van der Waals surface area contributed by atoms with E-state index in [2.05, 4.69) is 20.3 Å². The zero-order valence-electron chi connectivity index (χ0n) is 13.9. The number of benzene rings is 1. The van der Waals surface area contributed by atoms with Gasteiger partial charge in [0.1, 0.15) is 0 Å². The molecule has 0 spiro atoms. The molecule has 1 aromatic carbocycles. The van der Waals surface area contributed by atoms with Crippen LogP contribution in [0.1, 0.15) is 21.7 Å². The van der Waals surface area contributed by atoms with Gasteiger partial charge in [-0.25, -0.2) is 4.98 Å². The van der Waals surface area contributed by atoms with Crippen molar-refractivity contribution in [2.45, 2.75) is 13.8 Å². The number of anilines is 1. The van der Waals surface area contributed by atoms with Crippen molar-refractivity contribution in [3.05, 3.63) is 71.8 Å². The molecule has 0 radical (unpaired) electrons. The molecule has 2 N–H and O–H groups in total. The van der Waals surface area contributed by atoms with Gasteiger partial charge in [-0.1, -0.05) is 12.1 Å². The van der Waals surface area contributed by atoms with Crippen molar-refractivity contribution in [1.82, 2.24) is 19.5 Å². The average molecular weight is 331 g/mol. The molecule has 6 nitrogen and oxygen atoms in total. The molecular formula is C19H17N5O. The highest BCUT2D eigenvalue weighted by atomic mass is 16.1. The predicted octanol–water partition coefficient (Wildman–Crippen LogP) is 3.62. The molecule has 1 amide bonds. The van der Waals surface area contributed by atoms with Crippen molar-refractivity contribution in [2.24, 2.45) is 0 Å². The molecule has 6 heteroatoms. The fourth-order valence-electron chi connectivity index (χ4n) is 3.06. The maximum Gasteiger partial charge on any atom is 0.259 e. The van der Waals surface area contributed by atoms with Gasteiger partial charge in [0.25, 0.3) is 5.91 Å². The lowest BCUT2D eigenvalue weighted by molar-refractivity contribution is 0.102. The number of aryl methyl sites for hydroxylation is 1. The van der Waals surface area contributed by atoms with E-state index in [1.807, 2.05) is 60.9 Å². The monoisotopic (exact) mass is 331 g/mol. The quantitative estimate of drug-likeness (QED) is 0.602. The fraction of sp³-hybridized carbons (Fsp3) is 0.105. The van der Waals surface area contributed by atoms with E-state index in [1.54, 1.807) is 12.4 Å². The third-order valence-electron chi connectivity index (χ3n) is 4.20. The minimum Gasteiger partial charge on any atom is -0.324 e. The van der Waals surface area contributed by atoms with Crippen LogP contribution < -0.4 is 5.32 Å². The number of hydrogen-bond donors (Lipinski definition) is 2. The number of hydrogen-bond acceptors (Lipinski definition) is 3. The van der Waals surface area contributed by atoms with Gasteiger partial charge < -0.3 is 9.55 Å². The summed E-state index contributed by atoms with van der Waals surface area (Å²) >= 11 is 0. The number of H-pyrrole nitrogens is 1. The molecule has 0 fully saturated rings. The number of carbonyl (C=O) groups is 1. The first kappa shape index (κ1) is 15.1. The summed E-state index contributed by atoms with van der Waals surface area (Å²) in [5, 5.41) is 2.85. The van der Waals surface area contributed by atoms with E-state index in [9.17, 15) is 4.79 Å². The SMILES string of the molecule is Cc1cc(C(=O)Nc2nc3ccccc3[nH]2)c(C)n1-c1cccnc1. The number of para-hydroxylation sites is 2. The second-order valence-corrected chi connectivity index (χ2v) is 5.89. The van der Waals surface area contributed by atoms with Crippen LogP contribution in [0.3, 0.4) is 0 Å². The molecule has 0 unspecified atom stereocenters. The van der Waals surface area contributed by atoms with Crippen LogP contribution >= 0.6 is 0 Å². The summed E-state index contributed by atoms with van der Waals surface area (Å²) in [5.74, 6) is 0.250. The standard InChI is InChI=1S/C19H17N5O/c1-12-10-15(13(2)24(12)14-6-5-9-20-11-14)18(25)23-19-21-16-7-3-4-8-17(16)22-19/h3-11H,1-2H3,(H2,21,22,23,25). The topological polar surface area (TPSA) is 75.6 Å². The molecule has 0 saturated carbocycles. The molecule has 0 saturated heterocycles. The van der Waals surface area contributed by atoms with Gasteiger partial charge in [-0.2, -0.15) is 0 Å². The summed E-state index contributed by atoms with van der Waals surface area (Å²) in [6.07, 6.45) is 3.51. The van der Waals surface area contributed by atoms with Gasteiger partial charge in [0, 0.05) is 17.6 Å². The Morgan fingerprint density at radius 3 is 2.76 bits per heavy atom. The van der Waals surface area contributed by atoms with Gasteiger partial charge in [-0.05, 0) is 44.2 Å². The summed E-state index contributed by atoms with van der Waals surface area (Å²) in [4.78, 5) is 24.4. The van der Waals surface area contributed by atoms with Crippen molar-refractivity contribution < 1.29 is 4.79 Å². The molecule has 4 aromatic rings. The summed E-state index contributed by atoms with van der Waals surface area (Å²) in [6, 6.07) is 13.4. The largest absolute Gasteiger partial charge is 0.324 e. The van der Waals surface area contributed by atoms with E-state index in [0.29, 0.717) is 11.5 Å². The molecule has 0 atom stereocenters. The van der Waals surface area contributed by atoms with Crippen LogP contribution in [0.25, 0.3) is 16.7 Å². The first-order valence-corrected chi connectivity index (χ1v) is 7.99. The van der Waals surface area contributed by atoms with Crippen molar-refractivity contribution in [1.29, 1.82) is 0 Å². The van der Waals surface area contributed by atoms with Gasteiger partial charge in [-0.3, -0.25) is 15.1 Å². The molecule has 3 aromatic heterocycles. The smallest absolute Gasteiger partial charge is 0.259 e. The second kappa shape index (κ2) is 5.90. The van der Waals surface area contributed by atoms with Crippen LogP contribution in [0.2, 0.25) is 0 Å². The number of pyridine rings is 1. The molecule has 0 aliphatic rings. The van der Waals surface area contributed by atoms with Crippen LogP contribution in [-0.4, -0.2) is 25.4 Å². The Bertz CT molecular complexity index is 1030. The van der Waals surface area contributed by atoms with E-state index in [1.165, 1.54) is 0 Å². The highest BCUT2D eigenvalue weighted by molar-refractivity contribution is 6.05. The summed E-state index contributed by atoms with van der Waals surface area (Å²) < 4.78 is 2.01. The Morgan fingerprint density at radius 2 is 2.00 bits per heavy atom. The maximum absolute atomic E-state index is 12.7. The number of fused-ring (bicyclic) bond motifs is 1. The van der Waals surface area contributed by atoms with E-state index >= 15 is 0 Å². The number of nitrogens with one attached hydrogen (secondary N) is 2. The predicted molar refractivity (Wildman–Crippen MR) is 97.1 cm³/mol. The van der Waals surface area contributed by atoms with Crippen LogP contribution in [-0.2, 0) is 0 Å². The first-order valence-electron chi connectivity index (χ1n) is 7.99. The number of imidazole rings is 1. The lowest BCUT2D eigenvalue weighted by Crippen LogP contribution is -2.14. The van der Waals surface area contributed by atoms with Gasteiger partial charge in [-0.15, -0.1) is 0 Å². The molecule has 0 bridgehead atoms. The molecule has 3 heterocycles. The van der Waals surface area contributed by atoms with Crippen LogP contribution in [0.4, 0.5) is 5.95 Å². The highest BCUT2D eigenvalue weighted by Gasteiger charge is 2.18. The van der Waals surface area contributed by atoms with E-state index < -0.39 is 0 Å². The lowest BCUT2D eigenvalue weighted by atomic mass is 10.2. The molecule has 0 aliphatic heterocycles. The van der Waals surface area contributed by atoms with Gasteiger partial charge >= 0.3 is 0 Å². The van der Waals surface area contributed by atoms with Crippen LogP contribution in [0, 0.1) is 13.8 Å². The van der Waals surface area contributed by atoms with Gasteiger partial charge in [0.05, 0.1) is 28.5 Å². The molecule has 4 rings (SSSR count). The number of amides is 1. The maximum atomic E-state index is 12.7. The van der Waals surface area contributed by atoms with Crippen molar-refractivity contribution >= 4 is 22.9 Å². The second-order valence-electron chi connectivity index (χ2n) is 5.89. The van der Waals surface area contributed by atoms with E-state index in [-0.39, 0.29) is 5.91 Å². The summed E-state index contributed by atoms with van der Waals surface area (Å²) in [6.45, 7) is 3.89. The average Bonchev–Trinajstić information content (AvgIpc) is 3.15. The van der Waals surface area contributed by atoms with Gasteiger partial charge in [0.2, 0.25) is 5.95 Å². The summed E-state index contributed by atoms with van der Waals surface area (Å²) in [5.41, 5.74) is 5.08. The number of aromatic amines is 1. The van der Waals surface area contributed by atoms with Crippen molar-refractivity contribution in [3.8, 4) is 5.69 Å². The number of nitrogens with zero attached hydrogens (tertiary/aromatic N) is 3. The third-order valence-corrected chi connectivity index (χ3v) is 4.20. The van der Waals surface area contributed by atoms with Crippen LogP contribution in [0.15, 0.2) is 54.9 Å². The van der Waals surface area contributed by atoms with Crippen molar-refractivity contribution in [3.63, 3.8) is 0 Å². The Kier molecular flexibility index (Phi) is 3.57. The van der Waals surface area contributed by atoms with Gasteiger partial charge in [0.15, 0.2) is 0 Å². The zero-order valence-corrected chi connectivity index (χ0v) is 13.9. The Hall–Kier alpha value is -3.41. The molecular weight excluding hydrogens is 314 g/mol. The minimum absolute atomic E-state index is 0.192. The third kappa shape index (κ3) is 2.67. The Morgan fingerprint density at radius 1 is 1.16 bits per heavy atom.